The van der Waals surface area contributed by atoms with Crippen molar-refractivity contribution in [2.45, 2.75) is 54.4 Å². The van der Waals surface area contributed by atoms with Gasteiger partial charge in [-0.1, -0.05) is 11.6 Å². The van der Waals surface area contributed by atoms with Crippen molar-refractivity contribution in [3.05, 3.63) is 58.4 Å². The van der Waals surface area contributed by atoms with Crippen LogP contribution in [0.5, 0.6) is 0 Å². The van der Waals surface area contributed by atoms with Gasteiger partial charge in [0.15, 0.2) is 27.3 Å². The number of halogens is 4. The number of hydrogen-bond acceptors (Lipinski definition) is 7. The zero-order chi connectivity index (χ0) is 29.2. The van der Waals surface area contributed by atoms with Crippen molar-refractivity contribution >= 4 is 33.0 Å². The number of hydrogen-bond donors (Lipinski definition) is 4. The van der Waals surface area contributed by atoms with Gasteiger partial charge in [-0.2, -0.15) is 0 Å². The number of rotatable bonds is 11. The first kappa shape index (κ1) is 30.7. The van der Waals surface area contributed by atoms with E-state index in [1.165, 1.54) is 12.1 Å². The number of fused-ring (bicyclic) bond motifs is 2. The van der Waals surface area contributed by atoms with E-state index >= 15 is 0 Å². The lowest BCUT2D eigenvalue weighted by molar-refractivity contribution is -0.0821. The first-order valence-electron chi connectivity index (χ1n) is 13.0. The zero-order valence-corrected chi connectivity index (χ0v) is 23.4. The van der Waals surface area contributed by atoms with Crippen LogP contribution in [0.2, 0.25) is 5.02 Å². The van der Waals surface area contributed by atoms with E-state index < -0.39 is 44.0 Å². The molecule has 1 amide bonds. The number of amides is 1. The van der Waals surface area contributed by atoms with E-state index in [0.29, 0.717) is 38.1 Å². The molecule has 8 nitrogen and oxygen atoms in total. The third kappa shape index (κ3) is 6.63. The molecule has 2 aromatic rings. The van der Waals surface area contributed by atoms with Crippen molar-refractivity contribution in [2.75, 3.05) is 31.7 Å². The van der Waals surface area contributed by atoms with Gasteiger partial charge in [0.1, 0.15) is 0 Å². The Morgan fingerprint density at radius 1 is 1.15 bits per heavy atom. The second-order valence-corrected chi connectivity index (χ2v) is 13.2. The largest absolute Gasteiger partial charge is 0.395 e. The minimum Gasteiger partial charge on any atom is -0.395 e. The lowest BCUT2D eigenvalue weighted by atomic mass is 9.77. The Labute approximate surface area is 235 Å². The molecule has 0 radical (unpaired) electrons. The average molecular weight is 605 g/mol. The summed E-state index contributed by atoms with van der Waals surface area (Å²) in [6.07, 6.45) is 1.67. The van der Waals surface area contributed by atoms with Gasteiger partial charge in [-0.25, -0.2) is 21.6 Å². The second-order valence-electron chi connectivity index (χ2n) is 10.7. The van der Waals surface area contributed by atoms with Gasteiger partial charge in [0.2, 0.25) is 0 Å². The standard InChI is InChI=1S/C27H32ClF3N2O6S/c1-15(13-34)32-6-7-39-14-27(36)11-17-2-3-18(12-27)25(17)40(37,38)23-8-16(4-5-20(23)28)26(35)33-19-9-21(29)24(31)22(30)10-19/h4-5,8-10,15,17-18,25,32,34,36H,2-3,6-7,11-14H2,1H3,(H,33,35)/t15?,17?,18?,25-,27-. The van der Waals surface area contributed by atoms with Crippen molar-refractivity contribution in [3.63, 3.8) is 0 Å². The van der Waals surface area contributed by atoms with E-state index in [4.69, 9.17) is 21.4 Å². The summed E-state index contributed by atoms with van der Waals surface area (Å²) in [6, 6.07) is 4.80. The summed E-state index contributed by atoms with van der Waals surface area (Å²) < 4.78 is 73.7. The van der Waals surface area contributed by atoms with Crippen molar-refractivity contribution in [1.29, 1.82) is 0 Å². The Hall–Kier alpha value is -2.22. The number of aliphatic hydroxyl groups excluding tert-OH is 1. The summed E-state index contributed by atoms with van der Waals surface area (Å²) in [6.45, 7) is 2.70. The molecule has 3 unspecified atom stereocenters. The summed E-state index contributed by atoms with van der Waals surface area (Å²) in [5.74, 6) is -6.20. The fourth-order valence-electron chi connectivity index (χ4n) is 5.81. The third-order valence-corrected chi connectivity index (χ3v) is 10.5. The first-order valence-corrected chi connectivity index (χ1v) is 14.9. The SMILES string of the molecule is CC(CO)NCCOC[C@]1(O)CC2CCC(C1)[C@H]2S(=O)(=O)c1cc(C(=O)Nc2cc(F)c(F)c(F)c2)ccc1Cl. The Bertz CT molecular complexity index is 1320. The molecule has 0 heterocycles. The number of sulfone groups is 1. The molecule has 4 rings (SSSR count). The van der Waals surface area contributed by atoms with Crippen LogP contribution in [0, 0.1) is 29.3 Å². The van der Waals surface area contributed by atoms with Gasteiger partial charge in [0, 0.05) is 36.0 Å². The fourth-order valence-corrected chi connectivity index (χ4v) is 8.65. The monoisotopic (exact) mass is 604 g/mol. The normalized spacial score (nSPS) is 25.1. The van der Waals surface area contributed by atoms with E-state index in [2.05, 4.69) is 10.6 Å². The Kier molecular flexibility index (Phi) is 9.48. The number of ether oxygens (including phenoxy) is 1. The van der Waals surface area contributed by atoms with Crippen LogP contribution in [0.15, 0.2) is 35.2 Å². The van der Waals surface area contributed by atoms with Gasteiger partial charge in [-0.05, 0) is 62.6 Å². The maximum absolute atomic E-state index is 13.8. The fraction of sp³-hybridized carbons (Fsp3) is 0.519. The first-order chi connectivity index (χ1) is 18.8. The quantitative estimate of drug-likeness (QED) is 0.228. The molecule has 13 heteroatoms. The lowest BCUT2D eigenvalue weighted by Crippen LogP contribution is -2.48. The molecule has 0 aliphatic heterocycles. The van der Waals surface area contributed by atoms with Crippen LogP contribution in [0.4, 0.5) is 18.9 Å². The highest BCUT2D eigenvalue weighted by Crippen LogP contribution is 2.51. The third-order valence-electron chi connectivity index (χ3n) is 7.61. The number of anilines is 1. The number of carbonyl (C=O) groups excluding carboxylic acids is 1. The zero-order valence-electron chi connectivity index (χ0n) is 21.8. The van der Waals surface area contributed by atoms with Crippen molar-refractivity contribution in [1.82, 2.24) is 5.32 Å². The summed E-state index contributed by atoms with van der Waals surface area (Å²) in [4.78, 5) is 12.5. The number of carbonyl (C=O) groups is 1. The van der Waals surface area contributed by atoms with Crippen LogP contribution < -0.4 is 10.6 Å². The van der Waals surface area contributed by atoms with Gasteiger partial charge in [-0.15, -0.1) is 0 Å². The van der Waals surface area contributed by atoms with Crippen LogP contribution in [-0.4, -0.2) is 67.8 Å². The molecule has 220 valence electrons. The number of benzene rings is 2. The van der Waals surface area contributed by atoms with Gasteiger partial charge in [0.05, 0.1) is 40.6 Å². The van der Waals surface area contributed by atoms with Gasteiger partial charge < -0.3 is 25.6 Å². The lowest BCUT2D eigenvalue weighted by Gasteiger charge is -2.40. The average Bonchev–Trinajstić information content (AvgIpc) is 3.20. The summed E-state index contributed by atoms with van der Waals surface area (Å²) in [5.41, 5.74) is -1.64. The van der Waals surface area contributed by atoms with E-state index in [1.54, 1.807) is 0 Å². The summed E-state index contributed by atoms with van der Waals surface area (Å²) >= 11 is 6.28. The molecule has 0 spiro atoms. The second kappa shape index (κ2) is 12.3. The highest BCUT2D eigenvalue weighted by atomic mass is 35.5. The molecule has 0 aromatic heterocycles. The van der Waals surface area contributed by atoms with Crippen LogP contribution in [0.3, 0.4) is 0 Å². The summed E-state index contributed by atoms with van der Waals surface area (Å²) in [5, 5.41) is 24.7. The smallest absolute Gasteiger partial charge is 0.255 e. The Morgan fingerprint density at radius 3 is 2.38 bits per heavy atom. The molecular weight excluding hydrogens is 573 g/mol. The number of aliphatic hydroxyl groups is 2. The minimum atomic E-state index is -4.04. The maximum atomic E-state index is 13.8. The van der Waals surface area contributed by atoms with E-state index in [0.717, 1.165) is 6.07 Å². The van der Waals surface area contributed by atoms with E-state index in [-0.39, 0.29) is 65.1 Å². The van der Waals surface area contributed by atoms with Crippen LogP contribution in [0.1, 0.15) is 43.0 Å². The van der Waals surface area contributed by atoms with Crippen LogP contribution >= 0.6 is 11.6 Å². The molecule has 2 bridgehead atoms. The van der Waals surface area contributed by atoms with Crippen LogP contribution in [0.25, 0.3) is 0 Å². The van der Waals surface area contributed by atoms with E-state index in [9.17, 15) is 31.5 Å². The Balaban J connectivity index is 1.47. The molecule has 4 N–H and O–H groups in total. The van der Waals surface area contributed by atoms with Crippen molar-refractivity contribution in [3.8, 4) is 0 Å². The minimum absolute atomic E-state index is 0.00499. The molecule has 3 atom stereocenters. The molecule has 0 saturated heterocycles. The number of nitrogens with one attached hydrogen (secondary N) is 2. The van der Waals surface area contributed by atoms with Crippen molar-refractivity contribution < 1.29 is 41.3 Å². The van der Waals surface area contributed by atoms with E-state index in [1.807, 2.05) is 6.92 Å². The predicted octanol–water partition coefficient (Wildman–Crippen LogP) is 3.69. The Morgan fingerprint density at radius 2 is 1.77 bits per heavy atom. The molecular formula is C27H32ClF3N2O6S. The maximum Gasteiger partial charge on any atom is 0.255 e. The molecule has 40 heavy (non-hydrogen) atoms. The van der Waals surface area contributed by atoms with Gasteiger partial charge in [-0.3, -0.25) is 4.79 Å². The molecule has 2 aliphatic carbocycles. The topological polar surface area (TPSA) is 125 Å². The summed E-state index contributed by atoms with van der Waals surface area (Å²) in [7, 11) is -4.04. The van der Waals surface area contributed by atoms with Crippen LogP contribution in [-0.2, 0) is 14.6 Å². The molecule has 2 aliphatic rings. The highest BCUT2D eigenvalue weighted by molar-refractivity contribution is 7.92. The molecule has 2 aromatic carbocycles. The predicted molar refractivity (Wildman–Crippen MR) is 142 cm³/mol. The van der Waals surface area contributed by atoms with Gasteiger partial charge >= 0.3 is 0 Å². The molecule has 2 fully saturated rings. The van der Waals surface area contributed by atoms with Crippen molar-refractivity contribution in [2.24, 2.45) is 11.8 Å². The highest BCUT2D eigenvalue weighted by Gasteiger charge is 2.54. The van der Waals surface area contributed by atoms with Gasteiger partial charge in [0.25, 0.3) is 5.91 Å². The molecule has 2 saturated carbocycles.